The van der Waals surface area contributed by atoms with Gasteiger partial charge in [-0.05, 0) is 24.1 Å². The molecule has 3 aromatic rings. The van der Waals surface area contributed by atoms with Crippen molar-refractivity contribution in [1.82, 2.24) is 0 Å². The Morgan fingerprint density at radius 3 is 2.33 bits per heavy atom. The lowest BCUT2D eigenvalue weighted by atomic mass is 9.70. The van der Waals surface area contributed by atoms with Gasteiger partial charge in [-0.3, -0.25) is 9.59 Å². The van der Waals surface area contributed by atoms with Gasteiger partial charge in [0.15, 0.2) is 17.1 Å². The van der Waals surface area contributed by atoms with Crippen molar-refractivity contribution in [2.45, 2.75) is 23.5 Å². The van der Waals surface area contributed by atoms with Gasteiger partial charge >= 0.3 is 5.97 Å². The van der Waals surface area contributed by atoms with E-state index in [4.69, 9.17) is 33.2 Å². The van der Waals surface area contributed by atoms with E-state index in [1.165, 1.54) is 21.3 Å². The first kappa shape index (κ1) is 27.1. The Morgan fingerprint density at radius 1 is 0.950 bits per heavy atom. The summed E-state index contributed by atoms with van der Waals surface area (Å²) in [7, 11) is 5.75. The van der Waals surface area contributed by atoms with E-state index in [1.807, 2.05) is 42.5 Å². The van der Waals surface area contributed by atoms with E-state index >= 15 is 0 Å². The van der Waals surface area contributed by atoms with Crippen LogP contribution in [-0.2, 0) is 30.3 Å². The lowest BCUT2D eigenvalue weighted by Gasteiger charge is -2.40. The van der Waals surface area contributed by atoms with E-state index in [1.54, 1.807) is 25.3 Å². The minimum Gasteiger partial charge on any atom is -0.496 e. The van der Waals surface area contributed by atoms with Gasteiger partial charge in [0, 0.05) is 23.6 Å². The molecule has 0 amide bonds. The normalized spacial score (nSPS) is 24.9. The standard InChI is InChI=1S/C28H26O8.C2H4O2/c1-31-18-12-22(32-2)25-23(13-18)36-28(17-9-10-20-21(11-17)35-15-34-20)24(16-7-5-4-6-8-16)19(26(29)33-3)14-27(25,28)30;1-4-2-3/h4-13,19,24,30H,14-15H2,1-3H3;2H,1H3/t19-,24?,27?,28?;/m0./s1. The molecule has 0 spiro atoms. The topological polar surface area (TPSA) is 119 Å². The number of hydrogen-bond donors (Lipinski definition) is 1. The first-order valence-corrected chi connectivity index (χ1v) is 12.6. The first-order chi connectivity index (χ1) is 19.4. The summed E-state index contributed by atoms with van der Waals surface area (Å²) >= 11 is 0. The van der Waals surface area contributed by atoms with Crippen LogP contribution in [0.3, 0.4) is 0 Å². The quantitative estimate of drug-likeness (QED) is 0.360. The molecule has 0 saturated heterocycles. The molecule has 3 aliphatic rings. The zero-order valence-electron chi connectivity index (χ0n) is 22.5. The number of ether oxygens (including phenoxy) is 7. The van der Waals surface area contributed by atoms with Gasteiger partial charge < -0.3 is 38.3 Å². The Balaban J connectivity index is 0.000000758. The van der Waals surface area contributed by atoms with Crippen molar-refractivity contribution in [1.29, 1.82) is 0 Å². The molecule has 4 atom stereocenters. The predicted octanol–water partition coefficient (Wildman–Crippen LogP) is 3.67. The number of aliphatic hydroxyl groups is 1. The summed E-state index contributed by atoms with van der Waals surface area (Å²) in [5.41, 5.74) is -1.11. The summed E-state index contributed by atoms with van der Waals surface area (Å²) in [6.45, 7) is 0.481. The molecule has 1 saturated carbocycles. The molecule has 2 aliphatic heterocycles. The monoisotopic (exact) mass is 550 g/mol. The second kappa shape index (κ2) is 10.6. The molecule has 6 rings (SSSR count). The largest absolute Gasteiger partial charge is 0.496 e. The van der Waals surface area contributed by atoms with E-state index in [0.29, 0.717) is 46.3 Å². The fourth-order valence-electron chi connectivity index (χ4n) is 6.17. The average molecular weight is 551 g/mol. The number of carbonyl (C=O) groups excluding carboxylic acids is 2. The highest BCUT2D eigenvalue weighted by atomic mass is 16.7. The molecule has 0 radical (unpaired) electrons. The van der Waals surface area contributed by atoms with Crippen LogP contribution in [0, 0.1) is 5.92 Å². The van der Waals surface area contributed by atoms with Crippen molar-refractivity contribution in [3.63, 3.8) is 0 Å². The van der Waals surface area contributed by atoms with Crippen LogP contribution in [-0.4, -0.2) is 52.8 Å². The van der Waals surface area contributed by atoms with E-state index < -0.39 is 29.0 Å². The molecule has 0 aromatic heterocycles. The average Bonchev–Trinajstić information content (AvgIpc) is 3.64. The molecular formula is C30H30O10. The van der Waals surface area contributed by atoms with Gasteiger partial charge in [0.2, 0.25) is 6.79 Å². The summed E-state index contributed by atoms with van der Waals surface area (Å²) in [4.78, 5) is 22.2. The van der Waals surface area contributed by atoms with Gasteiger partial charge in [-0.1, -0.05) is 36.4 Å². The van der Waals surface area contributed by atoms with E-state index in [0.717, 1.165) is 5.56 Å². The third kappa shape index (κ3) is 3.98. The summed E-state index contributed by atoms with van der Waals surface area (Å²) < 4.78 is 38.3. The van der Waals surface area contributed by atoms with Crippen LogP contribution in [0.2, 0.25) is 0 Å². The summed E-state index contributed by atoms with van der Waals surface area (Å²) in [6, 6.07) is 18.5. The Labute approximate surface area is 231 Å². The van der Waals surface area contributed by atoms with Crippen molar-refractivity contribution < 1.29 is 47.9 Å². The van der Waals surface area contributed by atoms with Gasteiger partial charge in [0.05, 0.1) is 39.9 Å². The molecule has 1 aliphatic carbocycles. The molecule has 3 unspecified atom stereocenters. The van der Waals surface area contributed by atoms with Crippen LogP contribution in [0.4, 0.5) is 0 Å². The lowest BCUT2D eigenvalue weighted by molar-refractivity contribution is -0.146. The maximum Gasteiger partial charge on any atom is 0.309 e. The van der Waals surface area contributed by atoms with Crippen molar-refractivity contribution in [3.05, 3.63) is 77.4 Å². The second-order valence-electron chi connectivity index (χ2n) is 9.52. The number of esters is 1. The second-order valence-corrected chi connectivity index (χ2v) is 9.52. The summed E-state index contributed by atoms with van der Waals surface area (Å²) in [5, 5.41) is 12.7. The van der Waals surface area contributed by atoms with Crippen molar-refractivity contribution >= 4 is 12.4 Å². The van der Waals surface area contributed by atoms with Crippen LogP contribution in [0.1, 0.15) is 29.0 Å². The van der Waals surface area contributed by atoms with Crippen LogP contribution < -0.4 is 23.7 Å². The molecule has 40 heavy (non-hydrogen) atoms. The Morgan fingerprint density at radius 2 is 1.68 bits per heavy atom. The number of rotatable bonds is 6. The minimum absolute atomic E-state index is 0.0589. The fraction of sp³-hybridized carbons (Fsp3) is 0.333. The molecule has 1 N–H and O–H groups in total. The third-order valence-corrected chi connectivity index (χ3v) is 7.71. The predicted molar refractivity (Wildman–Crippen MR) is 141 cm³/mol. The van der Waals surface area contributed by atoms with E-state index in [9.17, 15) is 9.90 Å². The molecule has 3 aromatic carbocycles. The number of hydrogen-bond acceptors (Lipinski definition) is 10. The van der Waals surface area contributed by atoms with Gasteiger partial charge in [-0.15, -0.1) is 0 Å². The van der Waals surface area contributed by atoms with Crippen LogP contribution in [0.15, 0.2) is 60.7 Å². The zero-order chi connectivity index (χ0) is 28.5. The Hall–Kier alpha value is -4.44. The smallest absolute Gasteiger partial charge is 0.309 e. The maximum absolute atomic E-state index is 13.2. The number of fused-ring (bicyclic) bond motifs is 4. The Kier molecular flexibility index (Phi) is 7.20. The number of carbonyl (C=O) groups is 2. The Bertz CT molecular complexity index is 1410. The van der Waals surface area contributed by atoms with Crippen molar-refractivity contribution in [2.75, 3.05) is 35.2 Å². The van der Waals surface area contributed by atoms with Gasteiger partial charge in [-0.25, -0.2) is 0 Å². The highest BCUT2D eigenvalue weighted by Crippen LogP contribution is 2.70. The molecule has 1 fully saturated rings. The maximum atomic E-state index is 13.2. The van der Waals surface area contributed by atoms with Gasteiger partial charge in [-0.2, -0.15) is 0 Å². The van der Waals surface area contributed by atoms with E-state index in [2.05, 4.69) is 4.74 Å². The zero-order valence-corrected chi connectivity index (χ0v) is 22.5. The number of methoxy groups -OCH3 is 4. The minimum atomic E-state index is -1.65. The summed E-state index contributed by atoms with van der Waals surface area (Å²) in [5.74, 6) is 0.781. The van der Waals surface area contributed by atoms with Crippen molar-refractivity contribution in [2.24, 2.45) is 5.92 Å². The first-order valence-electron chi connectivity index (χ1n) is 12.6. The van der Waals surface area contributed by atoms with Gasteiger partial charge in [0.25, 0.3) is 6.47 Å². The highest BCUT2D eigenvalue weighted by molar-refractivity contribution is 5.77. The number of benzene rings is 3. The fourth-order valence-corrected chi connectivity index (χ4v) is 6.17. The van der Waals surface area contributed by atoms with E-state index in [-0.39, 0.29) is 13.2 Å². The van der Waals surface area contributed by atoms with Crippen LogP contribution in [0.5, 0.6) is 28.7 Å². The summed E-state index contributed by atoms with van der Waals surface area (Å²) in [6.07, 6.45) is 0.0589. The molecular weight excluding hydrogens is 520 g/mol. The van der Waals surface area contributed by atoms with Crippen molar-refractivity contribution in [3.8, 4) is 28.7 Å². The highest BCUT2D eigenvalue weighted by Gasteiger charge is 2.74. The molecule has 2 heterocycles. The lowest BCUT2D eigenvalue weighted by Crippen LogP contribution is -2.48. The molecule has 210 valence electrons. The van der Waals surface area contributed by atoms with Gasteiger partial charge in [0.1, 0.15) is 22.8 Å². The van der Waals surface area contributed by atoms with Crippen LogP contribution in [0.25, 0.3) is 0 Å². The SMILES string of the molecule is COC(=O)[C@H]1CC2(O)c3c(OC)cc(OC)cc3OC2(c2ccc3c(c2)OCO3)C1c1ccccc1.COC=O. The third-order valence-electron chi connectivity index (χ3n) is 7.71. The molecule has 10 heteroatoms. The van der Waals surface area contributed by atoms with Crippen LogP contribution >= 0.6 is 0 Å². The molecule has 0 bridgehead atoms. The molecule has 10 nitrogen and oxygen atoms in total.